The van der Waals surface area contributed by atoms with E-state index in [2.05, 4.69) is 6.92 Å². The maximum Gasteiger partial charge on any atom is 2.00 e. The second kappa shape index (κ2) is 13.0. The van der Waals surface area contributed by atoms with E-state index in [1.807, 2.05) is 0 Å². The van der Waals surface area contributed by atoms with Crippen LogP contribution in [0.4, 0.5) is 0 Å². The molecule has 0 rings (SSSR count). The normalized spacial score (nSPS) is 11.2. The van der Waals surface area contributed by atoms with Gasteiger partial charge in [-0.25, -0.2) is 0 Å². The van der Waals surface area contributed by atoms with Crippen LogP contribution in [0.2, 0.25) is 0 Å². The summed E-state index contributed by atoms with van der Waals surface area (Å²) in [6, 6.07) is 0. The van der Waals surface area contributed by atoms with E-state index in [-0.39, 0.29) is 55.3 Å². The van der Waals surface area contributed by atoms with Crippen LogP contribution < -0.4 is 10.2 Å². The van der Waals surface area contributed by atoms with Crippen molar-refractivity contribution in [3.63, 3.8) is 0 Å². The number of carboxylic acid groups (broad SMARTS) is 2. The van der Waals surface area contributed by atoms with E-state index in [0.29, 0.717) is 6.42 Å². The molecular weight excluding hydrogens is 394 g/mol. The molecular formula is C16H28BaO4. The van der Waals surface area contributed by atoms with Crippen molar-refractivity contribution in [2.75, 3.05) is 0 Å². The number of carbonyl (C=O) groups excluding carboxylic acids is 2. The van der Waals surface area contributed by atoms with Crippen molar-refractivity contribution >= 4 is 60.8 Å². The summed E-state index contributed by atoms with van der Waals surface area (Å²) in [6.45, 7) is 5.36. The molecule has 0 fully saturated rings. The number of rotatable bonds is 12. The summed E-state index contributed by atoms with van der Waals surface area (Å²) in [6.07, 6.45) is 8.62. The molecule has 21 heavy (non-hydrogen) atoms. The molecule has 0 atom stereocenters. The predicted octanol–water partition coefficient (Wildman–Crippen LogP) is 1.28. The van der Waals surface area contributed by atoms with E-state index in [0.717, 1.165) is 19.3 Å². The minimum absolute atomic E-state index is 0. The van der Waals surface area contributed by atoms with E-state index < -0.39 is 23.3 Å². The summed E-state index contributed by atoms with van der Waals surface area (Å²) >= 11 is 0. The largest absolute Gasteiger partial charge is 2.00 e. The molecule has 0 aliphatic carbocycles. The fraction of sp³-hybridized carbons (Fsp3) is 0.875. The van der Waals surface area contributed by atoms with Crippen molar-refractivity contribution in [3.8, 4) is 0 Å². The van der Waals surface area contributed by atoms with E-state index in [4.69, 9.17) is 0 Å². The number of hydrogen-bond donors (Lipinski definition) is 0. The van der Waals surface area contributed by atoms with Crippen molar-refractivity contribution in [3.05, 3.63) is 0 Å². The molecule has 118 valence electrons. The number of carbonyl (C=O) groups is 2. The van der Waals surface area contributed by atoms with E-state index in [1.165, 1.54) is 25.7 Å². The maximum absolute atomic E-state index is 11.2. The maximum atomic E-state index is 11.2. The van der Waals surface area contributed by atoms with E-state index in [9.17, 15) is 19.8 Å². The quantitative estimate of drug-likeness (QED) is 0.270. The zero-order chi connectivity index (χ0) is 15.6. The van der Waals surface area contributed by atoms with Gasteiger partial charge in [0.2, 0.25) is 0 Å². The third-order valence-corrected chi connectivity index (χ3v) is 4.14. The molecule has 0 aliphatic rings. The van der Waals surface area contributed by atoms with Crippen LogP contribution in [0.1, 0.15) is 78.6 Å². The van der Waals surface area contributed by atoms with Crippen molar-refractivity contribution < 1.29 is 19.8 Å². The first-order chi connectivity index (χ1) is 9.39. The number of aliphatic carboxylic acids is 2. The van der Waals surface area contributed by atoms with Gasteiger partial charge in [-0.15, -0.1) is 0 Å². The summed E-state index contributed by atoms with van der Waals surface area (Å²) < 4.78 is 0. The molecule has 0 aliphatic heterocycles. The standard InChI is InChI=1S/C16H30O4.Ba/c1-4-5-6-7-8-9-10-11-12-16(13(2)3,14(17)18)15(19)20;/h13H,4-12H2,1-3H3,(H,17,18)(H,19,20);/q;+2/p-2. The molecule has 5 heteroatoms. The third kappa shape index (κ3) is 8.07. The molecule has 0 heterocycles. The first-order valence-corrected chi connectivity index (χ1v) is 7.82. The Morgan fingerprint density at radius 1 is 0.857 bits per heavy atom. The van der Waals surface area contributed by atoms with Gasteiger partial charge in [0, 0.05) is 0 Å². The Bertz CT molecular complexity index is 289. The molecule has 0 spiro atoms. The summed E-state index contributed by atoms with van der Waals surface area (Å²) in [5.74, 6) is -3.56. The first kappa shape index (κ1) is 23.8. The zero-order valence-electron chi connectivity index (χ0n) is 13.8. The van der Waals surface area contributed by atoms with Crippen LogP contribution in [0.25, 0.3) is 0 Å². The van der Waals surface area contributed by atoms with Crippen molar-refractivity contribution in [1.29, 1.82) is 0 Å². The molecule has 0 N–H and O–H groups in total. The molecule has 0 bridgehead atoms. The van der Waals surface area contributed by atoms with E-state index in [1.54, 1.807) is 13.8 Å². The molecule has 0 radical (unpaired) electrons. The smallest absolute Gasteiger partial charge is 0.549 e. The number of unbranched alkanes of at least 4 members (excludes halogenated alkanes) is 7. The first-order valence-electron chi connectivity index (χ1n) is 7.82. The second-order valence-corrected chi connectivity index (χ2v) is 5.93. The Morgan fingerprint density at radius 3 is 1.57 bits per heavy atom. The third-order valence-electron chi connectivity index (χ3n) is 4.14. The van der Waals surface area contributed by atoms with Gasteiger partial charge in [-0.2, -0.15) is 0 Å². The minimum atomic E-state index is -1.85. The predicted molar refractivity (Wildman–Crippen MR) is 80.3 cm³/mol. The Balaban J connectivity index is 0. The van der Waals surface area contributed by atoms with Crippen LogP contribution in [0, 0.1) is 11.3 Å². The molecule has 0 aromatic rings. The van der Waals surface area contributed by atoms with Crippen LogP contribution in [-0.2, 0) is 9.59 Å². The second-order valence-electron chi connectivity index (χ2n) is 5.93. The summed E-state index contributed by atoms with van der Waals surface area (Å²) in [4.78, 5) is 22.4. The topological polar surface area (TPSA) is 80.3 Å². The average Bonchev–Trinajstić information content (AvgIpc) is 2.35. The van der Waals surface area contributed by atoms with Gasteiger partial charge >= 0.3 is 48.9 Å². The average molecular weight is 422 g/mol. The molecule has 0 amide bonds. The van der Waals surface area contributed by atoms with Crippen LogP contribution >= 0.6 is 0 Å². The molecule has 0 saturated heterocycles. The van der Waals surface area contributed by atoms with Crippen molar-refractivity contribution in [2.24, 2.45) is 11.3 Å². The van der Waals surface area contributed by atoms with Gasteiger partial charge in [0.1, 0.15) is 0 Å². The Kier molecular flexibility index (Phi) is 14.7. The fourth-order valence-electron chi connectivity index (χ4n) is 2.59. The van der Waals surface area contributed by atoms with Gasteiger partial charge in [0.05, 0.1) is 17.4 Å². The van der Waals surface area contributed by atoms with Crippen molar-refractivity contribution in [2.45, 2.75) is 78.6 Å². The Hall–Kier alpha value is 0.511. The monoisotopic (exact) mass is 422 g/mol. The van der Waals surface area contributed by atoms with Gasteiger partial charge in [0.25, 0.3) is 0 Å². The molecule has 0 aromatic carbocycles. The van der Waals surface area contributed by atoms with Gasteiger partial charge in [-0.1, -0.05) is 72.1 Å². The molecule has 0 unspecified atom stereocenters. The van der Waals surface area contributed by atoms with Crippen LogP contribution in [0.15, 0.2) is 0 Å². The summed E-state index contributed by atoms with van der Waals surface area (Å²) in [5.41, 5.74) is -1.85. The zero-order valence-corrected chi connectivity index (χ0v) is 18.2. The van der Waals surface area contributed by atoms with Crippen LogP contribution in [-0.4, -0.2) is 60.8 Å². The number of hydrogen-bond acceptors (Lipinski definition) is 4. The van der Waals surface area contributed by atoms with Gasteiger partial charge in [0.15, 0.2) is 0 Å². The van der Waals surface area contributed by atoms with Crippen LogP contribution in [0.3, 0.4) is 0 Å². The number of carboxylic acids is 2. The van der Waals surface area contributed by atoms with Gasteiger partial charge < -0.3 is 19.8 Å². The molecule has 0 aromatic heterocycles. The Labute approximate surface area is 169 Å². The molecule has 0 saturated carbocycles. The van der Waals surface area contributed by atoms with Gasteiger partial charge in [-0.3, -0.25) is 0 Å². The Morgan fingerprint density at radius 2 is 1.24 bits per heavy atom. The SMILES string of the molecule is CCCCCCCCCCC(C(=O)[O-])(C(=O)[O-])C(C)C.[Ba+2]. The summed E-state index contributed by atoms with van der Waals surface area (Å²) in [5, 5.41) is 22.4. The van der Waals surface area contributed by atoms with Crippen LogP contribution in [0.5, 0.6) is 0 Å². The van der Waals surface area contributed by atoms with E-state index >= 15 is 0 Å². The van der Waals surface area contributed by atoms with Gasteiger partial charge in [-0.05, 0) is 12.3 Å². The molecule has 4 nitrogen and oxygen atoms in total. The summed E-state index contributed by atoms with van der Waals surface area (Å²) in [7, 11) is 0. The fourth-order valence-corrected chi connectivity index (χ4v) is 2.59. The minimum Gasteiger partial charge on any atom is -0.549 e. The van der Waals surface area contributed by atoms with Crippen molar-refractivity contribution in [1.82, 2.24) is 0 Å².